The Labute approximate surface area is 124 Å². The summed E-state index contributed by atoms with van der Waals surface area (Å²) in [5, 5.41) is 2.81. The fourth-order valence-corrected chi connectivity index (χ4v) is 2.82. The number of carbonyl (C=O) groups is 1. The van der Waals surface area contributed by atoms with Gasteiger partial charge in [-0.15, -0.1) is 0 Å². The van der Waals surface area contributed by atoms with Crippen molar-refractivity contribution >= 4 is 23.0 Å². The Kier molecular flexibility index (Phi) is 3.88. The van der Waals surface area contributed by atoms with E-state index in [2.05, 4.69) is 10.2 Å². The number of amides is 1. The van der Waals surface area contributed by atoms with Crippen LogP contribution in [0, 0.1) is 0 Å². The highest BCUT2D eigenvalue weighted by molar-refractivity contribution is 5.97. The number of nitrogens with one attached hydrogen (secondary N) is 1. The minimum absolute atomic E-state index is 0.0392. The molecule has 0 aliphatic carbocycles. The number of rotatable bonds is 3. The van der Waals surface area contributed by atoms with Crippen molar-refractivity contribution in [2.24, 2.45) is 0 Å². The molecule has 1 amide bonds. The minimum atomic E-state index is -0.142. The lowest BCUT2D eigenvalue weighted by molar-refractivity contribution is -0.118. The smallest absolute Gasteiger partial charge is 0.262 e. The molecular weight excluding hydrogens is 270 g/mol. The second-order valence-electron chi connectivity index (χ2n) is 5.61. The lowest BCUT2D eigenvalue weighted by atomic mass is 10.1. The molecular formula is C15H21N3O3. The van der Waals surface area contributed by atoms with Crippen molar-refractivity contribution in [3.05, 3.63) is 12.1 Å². The Hall–Kier alpha value is -1.95. The molecule has 6 heteroatoms. The van der Waals surface area contributed by atoms with Crippen LogP contribution in [0.4, 0.5) is 17.1 Å². The van der Waals surface area contributed by atoms with E-state index >= 15 is 0 Å². The van der Waals surface area contributed by atoms with E-state index in [0.717, 1.165) is 31.7 Å². The summed E-state index contributed by atoms with van der Waals surface area (Å²) >= 11 is 0. The van der Waals surface area contributed by atoms with Crippen LogP contribution in [-0.2, 0) is 9.53 Å². The standard InChI is InChI=1S/C15H21N3O3/c1-18(8-10-4-2-3-5-20-10)13-7-12-14(6-11(13)16)21-9-15(19)17-12/h6-7,10H,2-5,8-9,16H2,1H3,(H,17,19). The zero-order chi connectivity index (χ0) is 14.8. The van der Waals surface area contributed by atoms with E-state index in [1.54, 1.807) is 6.07 Å². The monoisotopic (exact) mass is 291 g/mol. The first-order valence-electron chi connectivity index (χ1n) is 7.32. The van der Waals surface area contributed by atoms with Gasteiger partial charge in [-0.1, -0.05) is 0 Å². The van der Waals surface area contributed by atoms with Gasteiger partial charge in [-0.2, -0.15) is 0 Å². The van der Waals surface area contributed by atoms with Crippen LogP contribution >= 0.6 is 0 Å². The van der Waals surface area contributed by atoms with E-state index < -0.39 is 0 Å². The number of nitrogens with zero attached hydrogens (tertiary/aromatic N) is 1. The highest BCUT2D eigenvalue weighted by Gasteiger charge is 2.21. The van der Waals surface area contributed by atoms with Crippen molar-refractivity contribution in [1.29, 1.82) is 0 Å². The topological polar surface area (TPSA) is 76.8 Å². The Bertz CT molecular complexity index is 541. The van der Waals surface area contributed by atoms with Crippen molar-refractivity contribution in [2.75, 3.05) is 42.8 Å². The van der Waals surface area contributed by atoms with Gasteiger partial charge in [0.1, 0.15) is 5.75 Å². The maximum atomic E-state index is 11.4. The molecule has 2 heterocycles. The summed E-state index contributed by atoms with van der Waals surface area (Å²) in [6, 6.07) is 3.63. The highest BCUT2D eigenvalue weighted by Crippen LogP contribution is 2.36. The predicted octanol–water partition coefficient (Wildman–Crippen LogP) is 1.60. The van der Waals surface area contributed by atoms with E-state index in [1.165, 1.54) is 6.42 Å². The number of carbonyl (C=O) groups excluding carboxylic acids is 1. The average Bonchev–Trinajstić information content (AvgIpc) is 2.48. The van der Waals surface area contributed by atoms with Gasteiger partial charge in [0.2, 0.25) is 0 Å². The van der Waals surface area contributed by atoms with Crippen LogP contribution in [0.15, 0.2) is 12.1 Å². The molecule has 3 rings (SSSR count). The Morgan fingerprint density at radius 2 is 2.29 bits per heavy atom. The Morgan fingerprint density at radius 1 is 1.43 bits per heavy atom. The normalized spacial score (nSPS) is 21.2. The van der Waals surface area contributed by atoms with Gasteiger partial charge in [0.05, 0.1) is 23.2 Å². The van der Waals surface area contributed by atoms with Gasteiger partial charge >= 0.3 is 0 Å². The maximum absolute atomic E-state index is 11.4. The molecule has 21 heavy (non-hydrogen) atoms. The molecule has 0 spiro atoms. The first-order chi connectivity index (χ1) is 10.1. The third kappa shape index (κ3) is 3.05. The summed E-state index contributed by atoms with van der Waals surface area (Å²) in [6.07, 6.45) is 3.67. The van der Waals surface area contributed by atoms with E-state index in [-0.39, 0.29) is 18.6 Å². The molecule has 1 aromatic rings. The molecule has 0 aromatic heterocycles. The largest absolute Gasteiger partial charge is 0.482 e. The molecule has 1 fully saturated rings. The fourth-order valence-electron chi connectivity index (χ4n) is 2.82. The maximum Gasteiger partial charge on any atom is 0.262 e. The third-order valence-corrected chi connectivity index (χ3v) is 3.92. The van der Waals surface area contributed by atoms with Crippen molar-refractivity contribution < 1.29 is 14.3 Å². The van der Waals surface area contributed by atoms with Crippen LogP contribution in [0.3, 0.4) is 0 Å². The Morgan fingerprint density at radius 3 is 3.05 bits per heavy atom. The lowest BCUT2D eigenvalue weighted by Crippen LogP contribution is -2.34. The summed E-state index contributed by atoms with van der Waals surface area (Å²) < 4.78 is 11.1. The van der Waals surface area contributed by atoms with E-state index in [1.807, 2.05) is 13.1 Å². The van der Waals surface area contributed by atoms with Gasteiger partial charge in [-0.05, 0) is 25.3 Å². The molecule has 1 unspecified atom stereocenters. The van der Waals surface area contributed by atoms with Crippen LogP contribution in [0.2, 0.25) is 0 Å². The molecule has 2 aliphatic heterocycles. The molecule has 1 atom stereocenters. The molecule has 0 radical (unpaired) electrons. The number of nitrogens with two attached hydrogens (primary N) is 1. The predicted molar refractivity (Wildman–Crippen MR) is 81.8 cm³/mol. The first-order valence-corrected chi connectivity index (χ1v) is 7.32. The van der Waals surface area contributed by atoms with Crippen molar-refractivity contribution in [3.8, 4) is 5.75 Å². The summed E-state index contributed by atoms with van der Waals surface area (Å²) in [5.41, 5.74) is 8.31. The van der Waals surface area contributed by atoms with Gasteiger partial charge in [-0.25, -0.2) is 0 Å². The Balaban J connectivity index is 1.77. The quantitative estimate of drug-likeness (QED) is 0.827. The number of hydrogen-bond donors (Lipinski definition) is 2. The zero-order valence-electron chi connectivity index (χ0n) is 12.2. The molecule has 114 valence electrons. The fraction of sp³-hybridized carbons (Fsp3) is 0.533. The lowest BCUT2D eigenvalue weighted by Gasteiger charge is -2.30. The molecule has 0 saturated carbocycles. The first kappa shape index (κ1) is 14.0. The van der Waals surface area contributed by atoms with Gasteiger partial charge in [0.25, 0.3) is 5.91 Å². The molecule has 6 nitrogen and oxygen atoms in total. The van der Waals surface area contributed by atoms with Gasteiger partial charge in [0, 0.05) is 26.3 Å². The molecule has 2 aliphatic rings. The molecule has 1 saturated heterocycles. The van der Waals surface area contributed by atoms with E-state index in [0.29, 0.717) is 17.1 Å². The number of hydrogen-bond acceptors (Lipinski definition) is 5. The summed E-state index contributed by atoms with van der Waals surface area (Å²) in [6.45, 7) is 1.66. The number of nitrogen functional groups attached to an aromatic ring is 1. The van der Waals surface area contributed by atoms with Crippen LogP contribution in [0.25, 0.3) is 0 Å². The van der Waals surface area contributed by atoms with Gasteiger partial charge < -0.3 is 25.4 Å². The third-order valence-electron chi connectivity index (χ3n) is 3.92. The van der Waals surface area contributed by atoms with Gasteiger partial charge in [-0.3, -0.25) is 4.79 Å². The number of benzene rings is 1. The number of anilines is 3. The summed E-state index contributed by atoms with van der Waals surface area (Å²) in [4.78, 5) is 13.5. The van der Waals surface area contributed by atoms with E-state index in [4.69, 9.17) is 15.2 Å². The van der Waals surface area contributed by atoms with Crippen molar-refractivity contribution in [1.82, 2.24) is 0 Å². The van der Waals surface area contributed by atoms with E-state index in [9.17, 15) is 4.79 Å². The molecule has 0 bridgehead atoms. The number of ether oxygens (including phenoxy) is 2. The number of likely N-dealkylation sites (N-methyl/N-ethyl adjacent to an activating group) is 1. The second-order valence-corrected chi connectivity index (χ2v) is 5.61. The average molecular weight is 291 g/mol. The van der Waals surface area contributed by atoms with Crippen molar-refractivity contribution in [3.63, 3.8) is 0 Å². The SMILES string of the molecule is CN(CC1CCCCO1)c1cc2c(cc1N)OCC(=O)N2. The summed E-state index contributed by atoms with van der Waals surface area (Å²) in [5.74, 6) is 0.481. The zero-order valence-corrected chi connectivity index (χ0v) is 12.2. The minimum Gasteiger partial charge on any atom is -0.482 e. The number of fused-ring (bicyclic) bond motifs is 1. The van der Waals surface area contributed by atoms with Crippen LogP contribution in [0.1, 0.15) is 19.3 Å². The van der Waals surface area contributed by atoms with Crippen LogP contribution < -0.4 is 20.7 Å². The van der Waals surface area contributed by atoms with Crippen LogP contribution in [0.5, 0.6) is 5.75 Å². The molecule has 1 aromatic carbocycles. The van der Waals surface area contributed by atoms with Gasteiger partial charge in [0.15, 0.2) is 6.61 Å². The highest BCUT2D eigenvalue weighted by atomic mass is 16.5. The van der Waals surface area contributed by atoms with Crippen LogP contribution in [-0.4, -0.2) is 38.8 Å². The second kappa shape index (κ2) is 5.81. The van der Waals surface area contributed by atoms with Crippen molar-refractivity contribution in [2.45, 2.75) is 25.4 Å². The molecule has 3 N–H and O–H groups in total. The summed E-state index contributed by atoms with van der Waals surface area (Å²) in [7, 11) is 1.99.